The Kier molecular flexibility index (Phi) is 4.89. The molecule has 142 valence electrons. The number of likely N-dealkylation sites (tertiary alicyclic amines) is 1. The van der Waals surface area contributed by atoms with Gasteiger partial charge in [0, 0.05) is 25.2 Å². The topological polar surface area (TPSA) is 73.8 Å². The number of rotatable bonds is 5. The number of carbonyl (C=O) groups is 1. The van der Waals surface area contributed by atoms with Crippen LogP contribution in [0.2, 0.25) is 0 Å². The Morgan fingerprint density at radius 1 is 1.30 bits per heavy atom. The average Bonchev–Trinajstić information content (AvgIpc) is 2.66. The van der Waals surface area contributed by atoms with E-state index in [2.05, 4.69) is 9.97 Å². The highest BCUT2D eigenvalue weighted by atomic mass is 19.1. The molecule has 2 aliphatic heterocycles. The number of halogens is 1. The molecule has 1 aromatic heterocycles. The van der Waals surface area contributed by atoms with Gasteiger partial charge in [0.2, 0.25) is 5.88 Å². The molecule has 0 aliphatic carbocycles. The molecule has 1 spiro atoms. The predicted octanol–water partition coefficient (Wildman–Crippen LogP) is 1.83. The lowest BCUT2D eigenvalue weighted by Gasteiger charge is -2.52. The second-order valence-corrected chi connectivity index (χ2v) is 6.80. The maximum Gasteiger partial charge on any atom is 0.260 e. The molecule has 0 saturated carbocycles. The van der Waals surface area contributed by atoms with Gasteiger partial charge in [-0.15, -0.1) is 0 Å². The minimum Gasteiger partial charge on any atom is -0.484 e. The summed E-state index contributed by atoms with van der Waals surface area (Å²) in [5, 5.41) is 0. The highest BCUT2D eigenvalue weighted by Crippen LogP contribution is 2.35. The van der Waals surface area contributed by atoms with Gasteiger partial charge in [-0.3, -0.25) is 9.78 Å². The minimum atomic E-state index is -0.364. The van der Waals surface area contributed by atoms with E-state index in [0.717, 1.165) is 6.42 Å². The van der Waals surface area contributed by atoms with Gasteiger partial charge in [-0.1, -0.05) is 0 Å². The molecule has 3 heterocycles. The van der Waals surface area contributed by atoms with Crippen LogP contribution in [-0.4, -0.2) is 58.8 Å². The van der Waals surface area contributed by atoms with Gasteiger partial charge in [0.1, 0.15) is 23.3 Å². The molecule has 2 saturated heterocycles. The van der Waals surface area contributed by atoms with E-state index in [1.807, 2.05) is 0 Å². The highest BCUT2D eigenvalue weighted by Gasteiger charge is 2.50. The molecule has 1 amide bonds. The third kappa shape index (κ3) is 4.16. The summed E-state index contributed by atoms with van der Waals surface area (Å²) in [7, 11) is 0. The standard InChI is InChI=1S/C19H20FN3O4/c20-14-1-3-15(4-2-14)25-11-18(24)23-12-19(13-23)9-16(5-8-26-19)27-17-10-21-6-7-22-17/h1-4,6-7,10,16H,5,8-9,11-13H2/t16-/m0/s1. The van der Waals surface area contributed by atoms with Crippen molar-refractivity contribution in [3.8, 4) is 11.6 Å². The fraction of sp³-hybridized carbons (Fsp3) is 0.421. The summed E-state index contributed by atoms with van der Waals surface area (Å²) in [6.45, 7) is 1.53. The van der Waals surface area contributed by atoms with E-state index in [1.54, 1.807) is 23.5 Å². The summed E-state index contributed by atoms with van der Waals surface area (Å²) >= 11 is 0. The molecule has 0 unspecified atom stereocenters. The molecule has 0 N–H and O–H groups in total. The first kappa shape index (κ1) is 17.7. The smallest absolute Gasteiger partial charge is 0.260 e. The third-order valence-corrected chi connectivity index (χ3v) is 4.76. The number of carbonyl (C=O) groups excluding carboxylic acids is 1. The first-order chi connectivity index (χ1) is 13.1. The van der Waals surface area contributed by atoms with Crippen molar-refractivity contribution >= 4 is 5.91 Å². The van der Waals surface area contributed by atoms with Crippen molar-refractivity contribution in [2.45, 2.75) is 24.5 Å². The number of ether oxygens (including phenoxy) is 3. The van der Waals surface area contributed by atoms with E-state index in [-0.39, 0.29) is 30.0 Å². The molecule has 2 aromatic rings. The normalized spacial score (nSPS) is 20.8. The monoisotopic (exact) mass is 373 g/mol. The molecule has 1 atom stereocenters. The first-order valence-corrected chi connectivity index (χ1v) is 8.85. The van der Waals surface area contributed by atoms with Crippen molar-refractivity contribution in [3.05, 3.63) is 48.7 Å². The summed E-state index contributed by atoms with van der Waals surface area (Å²) in [4.78, 5) is 22.1. The lowest BCUT2D eigenvalue weighted by atomic mass is 9.84. The Labute approximate surface area is 156 Å². The van der Waals surface area contributed by atoms with Crippen LogP contribution in [0.25, 0.3) is 0 Å². The molecule has 0 radical (unpaired) electrons. The van der Waals surface area contributed by atoms with Gasteiger partial charge in [-0.05, 0) is 24.3 Å². The zero-order valence-corrected chi connectivity index (χ0v) is 14.7. The number of hydrogen-bond acceptors (Lipinski definition) is 6. The second kappa shape index (κ2) is 7.48. The second-order valence-electron chi connectivity index (χ2n) is 6.80. The molecule has 2 aliphatic rings. The first-order valence-electron chi connectivity index (χ1n) is 8.85. The molecular weight excluding hydrogens is 353 g/mol. The van der Waals surface area contributed by atoms with Crippen LogP contribution in [-0.2, 0) is 9.53 Å². The molecule has 8 heteroatoms. The Bertz CT molecular complexity index is 781. The fourth-order valence-corrected chi connectivity index (χ4v) is 3.41. The van der Waals surface area contributed by atoms with Crippen LogP contribution in [0.4, 0.5) is 4.39 Å². The van der Waals surface area contributed by atoms with Crippen molar-refractivity contribution in [1.82, 2.24) is 14.9 Å². The molecular formula is C19H20FN3O4. The number of hydrogen-bond donors (Lipinski definition) is 0. The largest absolute Gasteiger partial charge is 0.484 e. The van der Waals surface area contributed by atoms with Crippen LogP contribution in [0.1, 0.15) is 12.8 Å². The maximum absolute atomic E-state index is 12.9. The minimum absolute atomic E-state index is 0.0110. The molecule has 27 heavy (non-hydrogen) atoms. The number of aromatic nitrogens is 2. The number of benzene rings is 1. The Morgan fingerprint density at radius 3 is 2.85 bits per heavy atom. The van der Waals surface area contributed by atoms with Gasteiger partial charge >= 0.3 is 0 Å². The highest BCUT2D eigenvalue weighted by molar-refractivity contribution is 5.79. The summed E-state index contributed by atoms with van der Waals surface area (Å²) in [5.41, 5.74) is -0.364. The van der Waals surface area contributed by atoms with Crippen LogP contribution in [0.15, 0.2) is 42.9 Å². The lowest BCUT2D eigenvalue weighted by molar-refractivity contribution is -0.194. The van der Waals surface area contributed by atoms with Crippen molar-refractivity contribution < 1.29 is 23.4 Å². The van der Waals surface area contributed by atoms with Gasteiger partial charge in [0.25, 0.3) is 5.91 Å². The van der Waals surface area contributed by atoms with E-state index in [4.69, 9.17) is 14.2 Å². The average molecular weight is 373 g/mol. The van der Waals surface area contributed by atoms with Crippen LogP contribution >= 0.6 is 0 Å². The summed E-state index contributed by atoms with van der Waals surface area (Å²) in [6, 6.07) is 5.59. The van der Waals surface area contributed by atoms with Crippen molar-refractivity contribution in [2.75, 3.05) is 26.3 Å². The van der Waals surface area contributed by atoms with Gasteiger partial charge in [-0.2, -0.15) is 0 Å². The quantitative estimate of drug-likeness (QED) is 0.796. The summed E-state index contributed by atoms with van der Waals surface area (Å²) < 4.78 is 30.1. The fourth-order valence-electron chi connectivity index (χ4n) is 3.41. The molecule has 2 fully saturated rings. The molecule has 7 nitrogen and oxygen atoms in total. The SMILES string of the molecule is O=C(COc1ccc(F)cc1)N1CC2(C[C@@H](Oc3cnccn3)CCO2)C1. The van der Waals surface area contributed by atoms with Gasteiger partial charge < -0.3 is 19.1 Å². The van der Waals surface area contributed by atoms with Crippen molar-refractivity contribution in [3.63, 3.8) is 0 Å². The van der Waals surface area contributed by atoms with Gasteiger partial charge in [-0.25, -0.2) is 9.37 Å². The predicted molar refractivity (Wildman–Crippen MR) is 92.8 cm³/mol. The third-order valence-electron chi connectivity index (χ3n) is 4.76. The summed E-state index contributed by atoms with van der Waals surface area (Å²) in [6.07, 6.45) is 6.25. The van der Waals surface area contributed by atoms with E-state index < -0.39 is 0 Å². The zero-order chi connectivity index (χ0) is 18.7. The van der Waals surface area contributed by atoms with Crippen LogP contribution in [0.5, 0.6) is 11.6 Å². The molecule has 4 rings (SSSR count). The van der Waals surface area contributed by atoms with Gasteiger partial charge in [0.15, 0.2) is 6.61 Å². The van der Waals surface area contributed by atoms with Crippen LogP contribution in [0.3, 0.4) is 0 Å². The van der Waals surface area contributed by atoms with E-state index >= 15 is 0 Å². The zero-order valence-electron chi connectivity index (χ0n) is 14.7. The van der Waals surface area contributed by atoms with Crippen LogP contribution in [0, 0.1) is 5.82 Å². The maximum atomic E-state index is 12.9. The molecule has 0 bridgehead atoms. The number of amides is 1. The van der Waals surface area contributed by atoms with Crippen molar-refractivity contribution in [2.24, 2.45) is 0 Å². The van der Waals surface area contributed by atoms with Crippen LogP contribution < -0.4 is 9.47 Å². The molecule has 1 aromatic carbocycles. The van der Waals surface area contributed by atoms with Gasteiger partial charge in [0.05, 0.1) is 25.9 Å². The lowest BCUT2D eigenvalue weighted by Crippen LogP contribution is -2.68. The van der Waals surface area contributed by atoms with E-state index in [1.165, 1.54) is 24.3 Å². The van der Waals surface area contributed by atoms with Crippen molar-refractivity contribution in [1.29, 1.82) is 0 Å². The van der Waals surface area contributed by atoms with E-state index in [0.29, 0.717) is 37.7 Å². The Morgan fingerprint density at radius 2 is 2.11 bits per heavy atom. The number of nitrogens with zero attached hydrogens (tertiary/aromatic N) is 3. The Balaban J connectivity index is 1.26. The van der Waals surface area contributed by atoms with E-state index in [9.17, 15) is 9.18 Å². The Hall–Kier alpha value is -2.74. The summed E-state index contributed by atoms with van der Waals surface area (Å²) in [5.74, 6) is 0.502.